The Bertz CT molecular complexity index is 346. The van der Waals surface area contributed by atoms with Gasteiger partial charge in [-0.1, -0.05) is 6.42 Å². The van der Waals surface area contributed by atoms with Crippen LogP contribution in [-0.2, 0) is 18.3 Å². The minimum absolute atomic E-state index is 0.155. The van der Waals surface area contributed by atoms with Crippen molar-refractivity contribution in [1.29, 1.82) is 0 Å². The first kappa shape index (κ1) is 10.6. The third-order valence-electron chi connectivity index (χ3n) is 2.42. The molecule has 5 nitrogen and oxygen atoms in total. The van der Waals surface area contributed by atoms with Crippen LogP contribution in [0.5, 0.6) is 0 Å². The summed E-state index contributed by atoms with van der Waals surface area (Å²) in [6, 6.07) is 0. The standard InChI is InChI=1S/C9H14N4OS/c1-13-11-9(10-12-13)6-7(14)8-4-2-3-5-15-8/h8H,2-6H2,1H3. The van der Waals surface area contributed by atoms with Gasteiger partial charge in [-0.15, -0.1) is 10.2 Å². The highest BCUT2D eigenvalue weighted by atomic mass is 32.2. The molecule has 0 bridgehead atoms. The van der Waals surface area contributed by atoms with Crippen molar-refractivity contribution in [3.8, 4) is 0 Å². The van der Waals surface area contributed by atoms with Crippen molar-refractivity contribution in [2.75, 3.05) is 5.75 Å². The number of hydrogen-bond acceptors (Lipinski definition) is 5. The van der Waals surface area contributed by atoms with Gasteiger partial charge in [0.1, 0.15) is 0 Å². The van der Waals surface area contributed by atoms with Crippen molar-refractivity contribution in [3.05, 3.63) is 5.82 Å². The maximum Gasteiger partial charge on any atom is 0.182 e. The van der Waals surface area contributed by atoms with Gasteiger partial charge >= 0.3 is 0 Å². The lowest BCUT2D eigenvalue weighted by atomic mass is 10.1. The number of hydrogen-bond donors (Lipinski definition) is 0. The fourth-order valence-corrected chi connectivity index (χ4v) is 2.92. The van der Waals surface area contributed by atoms with Crippen molar-refractivity contribution in [2.24, 2.45) is 7.05 Å². The SMILES string of the molecule is Cn1nnc(CC(=O)C2CCCCS2)n1. The summed E-state index contributed by atoms with van der Waals surface area (Å²) in [6.07, 6.45) is 3.73. The van der Waals surface area contributed by atoms with Gasteiger partial charge in [-0.05, 0) is 23.8 Å². The van der Waals surface area contributed by atoms with Crippen LogP contribution in [0.2, 0.25) is 0 Å². The molecular weight excluding hydrogens is 212 g/mol. The van der Waals surface area contributed by atoms with Gasteiger partial charge in [0.2, 0.25) is 0 Å². The van der Waals surface area contributed by atoms with Crippen LogP contribution in [-0.4, -0.2) is 37.0 Å². The molecule has 1 aliphatic rings. The van der Waals surface area contributed by atoms with Crippen LogP contribution in [0, 0.1) is 0 Å². The largest absolute Gasteiger partial charge is 0.298 e. The van der Waals surface area contributed by atoms with E-state index in [1.54, 1.807) is 18.8 Å². The van der Waals surface area contributed by atoms with Crippen molar-refractivity contribution in [1.82, 2.24) is 20.2 Å². The number of aromatic nitrogens is 4. The first-order valence-electron chi connectivity index (χ1n) is 5.13. The zero-order chi connectivity index (χ0) is 10.7. The number of carbonyl (C=O) groups excluding carboxylic acids is 1. The quantitative estimate of drug-likeness (QED) is 0.755. The van der Waals surface area contributed by atoms with Crippen molar-refractivity contribution < 1.29 is 4.79 Å². The predicted octanol–water partition coefficient (Wildman–Crippen LogP) is 0.607. The molecule has 1 unspecified atom stereocenters. The van der Waals surface area contributed by atoms with Crippen LogP contribution < -0.4 is 0 Å². The normalized spacial score (nSPS) is 21.5. The molecule has 2 rings (SSSR count). The molecule has 1 aromatic heterocycles. The molecule has 0 N–H and O–H groups in total. The van der Waals surface area contributed by atoms with Crippen LogP contribution in [0.1, 0.15) is 25.1 Å². The Morgan fingerprint density at radius 2 is 2.47 bits per heavy atom. The van der Waals surface area contributed by atoms with Crippen molar-refractivity contribution >= 4 is 17.5 Å². The zero-order valence-electron chi connectivity index (χ0n) is 8.72. The van der Waals surface area contributed by atoms with E-state index < -0.39 is 0 Å². The average Bonchev–Trinajstić information content (AvgIpc) is 2.65. The number of tetrazole rings is 1. The third-order valence-corrected chi connectivity index (χ3v) is 3.85. The number of Topliss-reactive ketones (excluding diaryl/α,β-unsaturated/α-hetero) is 1. The Balaban J connectivity index is 1.91. The fourth-order valence-electron chi connectivity index (χ4n) is 1.66. The summed E-state index contributed by atoms with van der Waals surface area (Å²) < 4.78 is 0. The molecule has 1 saturated heterocycles. The van der Waals surface area contributed by atoms with Gasteiger partial charge in [0.15, 0.2) is 11.6 Å². The third kappa shape index (κ3) is 2.77. The Morgan fingerprint density at radius 3 is 3.07 bits per heavy atom. The van der Waals surface area contributed by atoms with Gasteiger partial charge in [-0.2, -0.15) is 16.6 Å². The minimum Gasteiger partial charge on any atom is -0.298 e. The van der Waals surface area contributed by atoms with Gasteiger partial charge in [0, 0.05) is 0 Å². The molecule has 0 spiro atoms. The van der Waals surface area contributed by atoms with Gasteiger partial charge in [0.25, 0.3) is 0 Å². The molecule has 6 heteroatoms. The van der Waals surface area contributed by atoms with Crippen LogP contribution >= 0.6 is 11.8 Å². The van der Waals surface area contributed by atoms with Crippen LogP contribution in [0.4, 0.5) is 0 Å². The molecule has 0 radical (unpaired) electrons. The molecule has 0 amide bonds. The Hall–Kier alpha value is -0.910. The minimum atomic E-state index is 0.155. The number of rotatable bonds is 3. The second-order valence-corrected chi connectivity index (χ2v) is 5.00. The summed E-state index contributed by atoms with van der Waals surface area (Å²) in [5, 5.41) is 11.7. The smallest absolute Gasteiger partial charge is 0.182 e. The summed E-state index contributed by atoms with van der Waals surface area (Å²) in [7, 11) is 1.70. The molecule has 2 heterocycles. The highest BCUT2D eigenvalue weighted by molar-refractivity contribution is 8.00. The van der Waals surface area contributed by atoms with Crippen LogP contribution in [0.15, 0.2) is 0 Å². The summed E-state index contributed by atoms with van der Waals surface area (Å²) in [5.41, 5.74) is 0. The van der Waals surface area contributed by atoms with E-state index in [1.165, 1.54) is 11.2 Å². The predicted molar refractivity (Wildman–Crippen MR) is 57.6 cm³/mol. The monoisotopic (exact) mass is 226 g/mol. The molecule has 1 aliphatic heterocycles. The number of aryl methyl sites for hydroxylation is 1. The first-order valence-corrected chi connectivity index (χ1v) is 6.18. The molecule has 82 valence electrons. The van der Waals surface area contributed by atoms with E-state index in [2.05, 4.69) is 15.4 Å². The molecule has 1 aromatic rings. The number of ketones is 1. The van der Waals surface area contributed by atoms with Crippen molar-refractivity contribution in [3.63, 3.8) is 0 Å². The molecule has 15 heavy (non-hydrogen) atoms. The molecule has 1 fully saturated rings. The van der Waals surface area contributed by atoms with E-state index >= 15 is 0 Å². The fraction of sp³-hybridized carbons (Fsp3) is 0.778. The number of thioether (sulfide) groups is 1. The molecule has 1 atom stereocenters. The second kappa shape index (κ2) is 4.74. The Kier molecular flexibility index (Phi) is 3.35. The second-order valence-electron chi connectivity index (χ2n) is 3.69. The average molecular weight is 226 g/mol. The maximum atomic E-state index is 11.8. The summed E-state index contributed by atoms with van der Waals surface area (Å²) in [5.74, 6) is 1.88. The van der Waals surface area contributed by atoms with Crippen molar-refractivity contribution in [2.45, 2.75) is 30.9 Å². The highest BCUT2D eigenvalue weighted by Crippen LogP contribution is 2.26. The lowest BCUT2D eigenvalue weighted by Crippen LogP contribution is -2.23. The van der Waals surface area contributed by atoms with E-state index in [0.717, 1.165) is 18.6 Å². The lowest BCUT2D eigenvalue weighted by Gasteiger charge is -2.19. The topological polar surface area (TPSA) is 60.7 Å². The van der Waals surface area contributed by atoms with E-state index in [9.17, 15) is 4.79 Å². The summed E-state index contributed by atoms with van der Waals surface area (Å²) in [6.45, 7) is 0. The first-order chi connectivity index (χ1) is 7.25. The zero-order valence-corrected chi connectivity index (χ0v) is 9.53. The summed E-state index contributed by atoms with van der Waals surface area (Å²) >= 11 is 1.77. The van der Waals surface area contributed by atoms with Gasteiger partial charge in [-0.25, -0.2) is 0 Å². The Labute approximate surface area is 92.6 Å². The van der Waals surface area contributed by atoms with E-state index in [0.29, 0.717) is 12.2 Å². The van der Waals surface area contributed by atoms with E-state index in [4.69, 9.17) is 0 Å². The number of carbonyl (C=O) groups is 1. The van der Waals surface area contributed by atoms with Crippen LogP contribution in [0.3, 0.4) is 0 Å². The molecule has 0 saturated carbocycles. The highest BCUT2D eigenvalue weighted by Gasteiger charge is 2.22. The molecular formula is C9H14N4OS. The van der Waals surface area contributed by atoms with Gasteiger partial charge < -0.3 is 0 Å². The van der Waals surface area contributed by atoms with Crippen LogP contribution in [0.25, 0.3) is 0 Å². The Morgan fingerprint density at radius 1 is 1.60 bits per heavy atom. The van der Waals surface area contributed by atoms with Gasteiger partial charge in [-0.3, -0.25) is 4.79 Å². The molecule has 0 aromatic carbocycles. The van der Waals surface area contributed by atoms with Gasteiger partial charge in [0.05, 0.1) is 18.7 Å². The van der Waals surface area contributed by atoms with E-state index in [-0.39, 0.29) is 11.0 Å². The van der Waals surface area contributed by atoms with E-state index in [1.807, 2.05) is 0 Å². The maximum absolute atomic E-state index is 11.8. The summed E-state index contributed by atoms with van der Waals surface area (Å²) in [4.78, 5) is 13.2. The lowest BCUT2D eigenvalue weighted by molar-refractivity contribution is -0.118. The number of nitrogens with zero attached hydrogens (tertiary/aromatic N) is 4. The molecule has 0 aliphatic carbocycles.